The van der Waals surface area contributed by atoms with Crippen LogP contribution in [0.15, 0.2) is 48.1 Å². The molecule has 0 aliphatic heterocycles. The zero-order valence-corrected chi connectivity index (χ0v) is 16.1. The van der Waals surface area contributed by atoms with Gasteiger partial charge in [-0.1, -0.05) is 55.3 Å². The molecule has 0 bridgehead atoms. The summed E-state index contributed by atoms with van der Waals surface area (Å²) in [4.78, 5) is 0. The van der Waals surface area contributed by atoms with Crippen LogP contribution in [0.2, 0.25) is 0 Å². The molecule has 1 aromatic rings. The minimum atomic E-state index is 0.324. The van der Waals surface area contributed by atoms with Gasteiger partial charge in [0.2, 0.25) is 0 Å². The molecule has 138 valence electrons. The van der Waals surface area contributed by atoms with Crippen molar-refractivity contribution in [3.8, 4) is 5.75 Å². The van der Waals surface area contributed by atoms with Gasteiger partial charge in [-0.3, -0.25) is 0 Å². The fourth-order valence-corrected chi connectivity index (χ4v) is 7.48. The number of para-hydroxylation sites is 1. The van der Waals surface area contributed by atoms with E-state index in [2.05, 4.69) is 37.3 Å². The third-order valence-corrected chi connectivity index (χ3v) is 8.67. The Morgan fingerprint density at radius 3 is 2.85 bits per heavy atom. The summed E-state index contributed by atoms with van der Waals surface area (Å²) in [5.41, 5.74) is 3.67. The summed E-state index contributed by atoms with van der Waals surface area (Å²) in [5, 5.41) is 10.4. The summed E-state index contributed by atoms with van der Waals surface area (Å²) in [7, 11) is 0. The largest absolute Gasteiger partial charge is 0.508 e. The first kappa shape index (κ1) is 16.7. The molecule has 0 radical (unpaired) electrons. The number of aromatic hydroxyl groups is 1. The van der Waals surface area contributed by atoms with Gasteiger partial charge >= 0.3 is 0 Å². The molecule has 5 rings (SSSR count). The molecule has 4 aliphatic carbocycles. The molecule has 1 heteroatoms. The van der Waals surface area contributed by atoms with Crippen molar-refractivity contribution in [2.75, 3.05) is 0 Å². The minimum absolute atomic E-state index is 0.324. The third kappa shape index (κ3) is 2.35. The van der Waals surface area contributed by atoms with Crippen LogP contribution in [-0.2, 0) is 6.42 Å². The fourth-order valence-electron chi connectivity index (χ4n) is 7.48. The highest BCUT2D eigenvalue weighted by atomic mass is 16.3. The van der Waals surface area contributed by atoms with Crippen LogP contribution in [0.25, 0.3) is 0 Å². The molecular weight excluding hydrogens is 316 g/mol. The third-order valence-electron chi connectivity index (χ3n) is 8.67. The van der Waals surface area contributed by atoms with Gasteiger partial charge in [0.1, 0.15) is 5.75 Å². The van der Waals surface area contributed by atoms with Crippen LogP contribution in [0.3, 0.4) is 0 Å². The first-order chi connectivity index (χ1) is 12.6. The van der Waals surface area contributed by atoms with E-state index in [1.165, 1.54) is 50.5 Å². The van der Waals surface area contributed by atoms with Gasteiger partial charge in [0, 0.05) is 5.41 Å². The van der Waals surface area contributed by atoms with E-state index < -0.39 is 0 Å². The second kappa shape index (κ2) is 6.01. The van der Waals surface area contributed by atoms with Crippen molar-refractivity contribution in [3.05, 3.63) is 53.6 Å². The molecule has 0 heterocycles. The Kier molecular flexibility index (Phi) is 3.85. The second-order valence-corrected chi connectivity index (χ2v) is 9.66. The molecule has 0 saturated heterocycles. The van der Waals surface area contributed by atoms with Crippen LogP contribution in [-0.4, -0.2) is 5.11 Å². The van der Waals surface area contributed by atoms with Crippen molar-refractivity contribution in [3.63, 3.8) is 0 Å². The van der Waals surface area contributed by atoms with Gasteiger partial charge in [-0.2, -0.15) is 0 Å². The zero-order valence-electron chi connectivity index (χ0n) is 16.1. The quantitative estimate of drug-likeness (QED) is 0.610. The van der Waals surface area contributed by atoms with E-state index in [0.717, 1.165) is 30.6 Å². The molecular formula is C25H32O. The van der Waals surface area contributed by atoms with Crippen LogP contribution in [0.4, 0.5) is 0 Å². The molecule has 5 atom stereocenters. The summed E-state index contributed by atoms with van der Waals surface area (Å²) >= 11 is 0. The summed E-state index contributed by atoms with van der Waals surface area (Å²) in [6.07, 6.45) is 19.3. The highest BCUT2D eigenvalue weighted by molar-refractivity contribution is 5.35. The Balaban J connectivity index is 1.47. The smallest absolute Gasteiger partial charge is 0.118 e. The Morgan fingerprint density at radius 1 is 1.08 bits per heavy atom. The van der Waals surface area contributed by atoms with Crippen LogP contribution in [0.1, 0.15) is 63.9 Å². The van der Waals surface area contributed by atoms with Crippen LogP contribution < -0.4 is 0 Å². The predicted molar refractivity (Wildman–Crippen MR) is 107 cm³/mol. The van der Waals surface area contributed by atoms with E-state index in [-0.39, 0.29) is 0 Å². The normalized spacial score (nSPS) is 41.1. The summed E-state index contributed by atoms with van der Waals surface area (Å²) < 4.78 is 0. The number of rotatable bonds is 2. The van der Waals surface area contributed by atoms with Crippen LogP contribution in [0, 0.1) is 28.6 Å². The number of fused-ring (bicyclic) bond motifs is 5. The lowest BCUT2D eigenvalue weighted by molar-refractivity contribution is -0.0249. The van der Waals surface area contributed by atoms with Gasteiger partial charge in [0.15, 0.2) is 0 Å². The van der Waals surface area contributed by atoms with Gasteiger partial charge in [-0.05, 0) is 86.2 Å². The van der Waals surface area contributed by atoms with Crippen molar-refractivity contribution < 1.29 is 5.11 Å². The maximum absolute atomic E-state index is 10.4. The van der Waals surface area contributed by atoms with E-state index in [1.54, 1.807) is 5.57 Å². The number of hydrogen-bond acceptors (Lipinski definition) is 1. The summed E-state index contributed by atoms with van der Waals surface area (Å²) in [6.45, 7) is 2.52. The van der Waals surface area contributed by atoms with E-state index >= 15 is 0 Å². The van der Waals surface area contributed by atoms with E-state index in [0.29, 0.717) is 16.6 Å². The molecule has 3 fully saturated rings. The zero-order chi connectivity index (χ0) is 17.8. The lowest BCUT2D eigenvalue weighted by Crippen LogP contribution is -2.49. The van der Waals surface area contributed by atoms with Crippen LogP contribution >= 0.6 is 0 Å². The summed E-state index contributed by atoms with van der Waals surface area (Å²) in [6, 6.07) is 8.06. The number of allylic oxidation sites excluding steroid dienone is 4. The SMILES string of the molecule is C[C@]12C=CCC=C1CC[C@H]1[C@@H]3CCC[C@@]3(Cc3ccccc3O)CC[C@@H]12. The predicted octanol–water partition coefficient (Wildman–Crippen LogP) is 6.43. The van der Waals surface area contributed by atoms with Crippen molar-refractivity contribution in [1.29, 1.82) is 0 Å². The molecule has 1 nitrogen and oxygen atoms in total. The van der Waals surface area contributed by atoms with E-state index in [9.17, 15) is 5.11 Å². The maximum Gasteiger partial charge on any atom is 0.118 e. The molecule has 0 spiro atoms. The van der Waals surface area contributed by atoms with Crippen molar-refractivity contribution in [1.82, 2.24) is 0 Å². The fraction of sp³-hybridized carbons (Fsp3) is 0.600. The standard InChI is InChI=1S/C25H32O/c1-24-14-5-4-8-19(24)11-12-20-21(24)13-16-25(15-6-9-22(20)25)17-18-7-2-3-10-23(18)26/h2-3,5,7-8,10,14,20-22,26H,4,6,9,11-13,15-17H2,1H3/t20-,21+,22+,24+,25+/m1/s1. The maximum atomic E-state index is 10.4. The monoisotopic (exact) mass is 348 g/mol. The minimum Gasteiger partial charge on any atom is -0.508 e. The van der Waals surface area contributed by atoms with Gasteiger partial charge < -0.3 is 5.11 Å². The average Bonchev–Trinajstić information content (AvgIpc) is 3.07. The average molecular weight is 349 g/mol. The molecule has 1 aromatic carbocycles. The Hall–Kier alpha value is -1.50. The van der Waals surface area contributed by atoms with Gasteiger partial charge in [0.05, 0.1) is 0 Å². The first-order valence-corrected chi connectivity index (χ1v) is 10.8. The highest BCUT2D eigenvalue weighted by Crippen LogP contribution is 2.65. The molecule has 4 aliphatic rings. The van der Waals surface area contributed by atoms with E-state index in [1.807, 2.05) is 12.1 Å². The lowest BCUT2D eigenvalue weighted by Gasteiger charge is -2.57. The first-order valence-electron chi connectivity index (χ1n) is 10.8. The molecule has 1 N–H and O–H groups in total. The Labute approximate surface area is 158 Å². The van der Waals surface area contributed by atoms with Crippen molar-refractivity contribution in [2.45, 2.75) is 64.7 Å². The molecule has 3 saturated carbocycles. The van der Waals surface area contributed by atoms with Crippen molar-refractivity contribution in [2.24, 2.45) is 28.6 Å². The Morgan fingerprint density at radius 2 is 1.96 bits per heavy atom. The van der Waals surface area contributed by atoms with Crippen molar-refractivity contribution >= 4 is 0 Å². The number of phenolic OH excluding ortho intramolecular Hbond substituents is 1. The molecule has 0 unspecified atom stereocenters. The van der Waals surface area contributed by atoms with Gasteiger partial charge in [0.25, 0.3) is 0 Å². The number of hydrogen-bond donors (Lipinski definition) is 1. The number of benzene rings is 1. The highest BCUT2D eigenvalue weighted by Gasteiger charge is 2.56. The lowest BCUT2D eigenvalue weighted by atomic mass is 9.47. The summed E-state index contributed by atoms with van der Waals surface area (Å²) in [5.74, 6) is 3.07. The number of phenols is 1. The molecule has 0 aromatic heterocycles. The molecule has 0 amide bonds. The molecule has 26 heavy (non-hydrogen) atoms. The van der Waals surface area contributed by atoms with E-state index in [4.69, 9.17) is 0 Å². The van der Waals surface area contributed by atoms with Gasteiger partial charge in [-0.15, -0.1) is 0 Å². The topological polar surface area (TPSA) is 20.2 Å². The Bertz CT molecular complexity index is 759. The second-order valence-electron chi connectivity index (χ2n) is 9.66. The van der Waals surface area contributed by atoms with Crippen LogP contribution in [0.5, 0.6) is 5.75 Å². The van der Waals surface area contributed by atoms with Gasteiger partial charge in [-0.25, -0.2) is 0 Å².